The maximum Gasteiger partial charge on any atom is 0.408 e. The highest BCUT2D eigenvalue weighted by molar-refractivity contribution is 5.95. The van der Waals surface area contributed by atoms with E-state index in [2.05, 4.69) is 16.0 Å². The van der Waals surface area contributed by atoms with Crippen molar-refractivity contribution in [1.29, 1.82) is 0 Å². The Balaban J connectivity index is 2.46. The van der Waals surface area contributed by atoms with Crippen molar-refractivity contribution in [3.8, 4) is 17.2 Å². The van der Waals surface area contributed by atoms with Crippen molar-refractivity contribution in [3.63, 3.8) is 0 Å². The van der Waals surface area contributed by atoms with Crippen LogP contribution in [-0.2, 0) is 9.53 Å². The van der Waals surface area contributed by atoms with Crippen molar-refractivity contribution in [2.75, 3.05) is 41.0 Å². The summed E-state index contributed by atoms with van der Waals surface area (Å²) in [6, 6.07) is 3.06. The van der Waals surface area contributed by atoms with E-state index in [0.717, 1.165) is 0 Å². The van der Waals surface area contributed by atoms with Crippen LogP contribution in [0.5, 0.6) is 17.2 Å². The minimum absolute atomic E-state index is 0.186. The number of amides is 3. The van der Waals surface area contributed by atoms with Gasteiger partial charge in [0.25, 0.3) is 5.91 Å². The molecule has 162 valence electrons. The predicted molar refractivity (Wildman–Crippen MR) is 106 cm³/mol. The normalized spacial score (nSPS) is 10.6. The van der Waals surface area contributed by atoms with Crippen LogP contribution in [0.2, 0.25) is 0 Å². The third kappa shape index (κ3) is 8.16. The van der Waals surface area contributed by atoms with E-state index >= 15 is 0 Å². The summed E-state index contributed by atoms with van der Waals surface area (Å²) in [5, 5.41) is 7.60. The fourth-order valence-corrected chi connectivity index (χ4v) is 2.22. The first-order valence-electron chi connectivity index (χ1n) is 8.93. The lowest BCUT2D eigenvalue weighted by atomic mass is 10.1. The molecule has 29 heavy (non-hydrogen) atoms. The fourth-order valence-electron chi connectivity index (χ4n) is 2.22. The molecule has 0 radical (unpaired) electrons. The molecule has 0 aromatic heterocycles. The summed E-state index contributed by atoms with van der Waals surface area (Å²) in [7, 11) is 4.39. The zero-order valence-electron chi connectivity index (χ0n) is 17.6. The van der Waals surface area contributed by atoms with Gasteiger partial charge in [0.05, 0.1) is 27.9 Å². The van der Waals surface area contributed by atoms with Crippen molar-refractivity contribution in [3.05, 3.63) is 17.7 Å². The van der Waals surface area contributed by atoms with Gasteiger partial charge in [0.15, 0.2) is 11.5 Å². The molecular formula is C19H29N3O7. The summed E-state index contributed by atoms with van der Waals surface area (Å²) in [6.07, 6.45) is -0.677. The quantitative estimate of drug-likeness (QED) is 0.520. The minimum atomic E-state index is -0.677. The number of rotatable bonds is 9. The first-order valence-corrected chi connectivity index (χ1v) is 8.93. The number of carbonyl (C=O) groups is 3. The third-order valence-corrected chi connectivity index (χ3v) is 3.45. The Morgan fingerprint density at radius 2 is 1.41 bits per heavy atom. The average molecular weight is 411 g/mol. The van der Waals surface area contributed by atoms with Gasteiger partial charge >= 0.3 is 6.09 Å². The monoisotopic (exact) mass is 411 g/mol. The highest BCUT2D eigenvalue weighted by Crippen LogP contribution is 2.38. The standard InChI is InChI=1S/C19H29N3O7/c1-19(2,3)29-18(25)22-11-15(23)20-7-8-21-17(24)12-9-13(26-4)16(28-6)14(10-12)27-5/h9-10H,7-8,11H2,1-6H3,(H,20,23)(H,21,24)(H,22,25). The van der Waals surface area contributed by atoms with E-state index in [1.54, 1.807) is 20.8 Å². The topological polar surface area (TPSA) is 124 Å². The van der Waals surface area contributed by atoms with Gasteiger partial charge in [-0.2, -0.15) is 0 Å². The van der Waals surface area contributed by atoms with E-state index in [0.29, 0.717) is 22.8 Å². The van der Waals surface area contributed by atoms with Crippen LogP contribution in [0.4, 0.5) is 4.79 Å². The summed E-state index contributed by atoms with van der Waals surface area (Å²) in [5.74, 6) is 0.330. The van der Waals surface area contributed by atoms with Crippen LogP contribution in [0.25, 0.3) is 0 Å². The lowest BCUT2D eigenvalue weighted by Crippen LogP contribution is -2.42. The maximum atomic E-state index is 12.3. The van der Waals surface area contributed by atoms with E-state index in [9.17, 15) is 14.4 Å². The van der Waals surface area contributed by atoms with Crippen LogP contribution in [-0.4, -0.2) is 64.5 Å². The lowest BCUT2D eigenvalue weighted by Gasteiger charge is -2.19. The Labute approximate surface area is 170 Å². The first kappa shape index (κ1) is 23.9. The third-order valence-electron chi connectivity index (χ3n) is 3.45. The van der Waals surface area contributed by atoms with Crippen LogP contribution >= 0.6 is 0 Å². The maximum absolute atomic E-state index is 12.3. The molecule has 0 aliphatic rings. The largest absolute Gasteiger partial charge is 0.493 e. The molecule has 1 rings (SSSR count). The smallest absolute Gasteiger partial charge is 0.408 e. The zero-order chi connectivity index (χ0) is 22.0. The van der Waals surface area contributed by atoms with Crippen molar-refractivity contribution in [1.82, 2.24) is 16.0 Å². The van der Waals surface area contributed by atoms with Crippen LogP contribution in [0, 0.1) is 0 Å². The molecule has 0 heterocycles. The number of hydrogen-bond donors (Lipinski definition) is 3. The second-order valence-corrected chi connectivity index (χ2v) is 6.88. The molecule has 1 aromatic rings. The van der Waals surface area contributed by atoms with Gasteiger partial charge in [-0.05, 0) is 32.9 Å². The molecule has 0 fully saturated rings. The molecule has 3 N–H and O–H groups in total. The highest BCUT2D eigenvalue weighted by atomic mass is 16.6. The molecule has 10 heteroatoms. The Morgan fingerprint density at radius 3 is 1.90 bits per heavy atom. The average Bonchev–Trinajstić information content (AvgIpc) is 2.66. The van der Waals surface area contributed by atoms with E-state index in [1.165, 1.54) is 33.5 Å². The summed E-state index contributed by atoms with van der Waals surface area (Å²) in [4.78, 5) is 35.5. The van der Waals surface area contributed by atoms with Gasteiger partial charge in [-0.3, -0.25) is 9.59 Å². The molecule has 0 spiro atoms. The Kier molecular flexibility index (Phi) is 9.04. The molecule has 0 aliphatic heterocycles. The second-order valence-electron chi connectivity index (χ2n) is 6.88. The number of nitrogens with one attached hydrogen (secondary N) is 3. The molecule has 0 aliphatic carbocycles. The van der Waals surface area contributed by atoms with Gasteiger partial charge < -0.3 is 34.9 Å². The van der Waals surface area contributed by atoms with E-state index < -0.39 is 17.6 Å². The molecular weight excluding hydrogens is 382 g/mol. The van der Waals surface area contributed by atoms with Crippen molar-refractivity contribution >= 4 is 17.9 Å². The highest BCUT2D eigenvalue weighted by Gasteiger charge is 2.18. The van der Waals surface area contributed by atoms with E-state index in [-0.39, 0.29) is 25.5 Å². The SMILES string of the molecule is COc1cc(C(=O)NCCNC(=O)CNC(=O)OC(C)(C)C)cc(OC)c1OC. The molecule has 0 unspecified atom stereocenters. The van der Waals surface area contributed by atoms with Crippen LogP contribution in [0.1, 0.15) is 31.1 Å². The summed E-state index contributed by atoms with van der Waals surface area (Å²) in [5.41, 5.74) is -0.324. The molecule has 0 saturated heterocycles. The van der Waals surface area contributed by atoms with Crippen molar-refractivity contribution < 1.29 is 33.3 Å². The summed E-state index contributed by atoms with van der Waals surface area (Å²) >= 11 is 0. The Morgan fingerprint density at radius 1 is 0.862 bits per heavy atom. The van der Waals surface area contributed by atoms with Crippen molar-refractivity contribution in [2.24, 2.45) is 0 Å². The van der Waals surface area contributed by atoms with Gasteiger partial charge in [-0.15, -0.1) is 0 Å². The number of carbonyl (C=O) groups excluding carboxylic acids is 3. The zero-order valence-corrected chi connectivity index (χ0v) is 17.6. The lowest BCUT2D eigenvalue weighted by molar-refractivity contribution is -0.120. The van der Waals surface area contributed by atoms with Crippen LogP contribution < -0.4 is 30.2 Å². The molecule has 0 atom stereocenters. The second kappa shape index (κ2) is 11.0. The van der Waals surface area contributed by atoms with Crippen LogP contribution in [0.15, 0.2) is 12.1 Å². The Hall–Kier alpha value is -3.17. The molecule has 0 saturated carbocycles. The number of ether oxygens (including phenoxy) is 4. The van der Waals surface area contributed by atoms with Gasteiger partial charge in [0, 0.05) is 18.7 Å². The Bertz CT molecular complexity index is 704. The van der Waals surface area contributed by atoms with Gasteiger partial charge in [-0.25, -0.2) is 4.79 Å². The van der Waals surface area contributed by atoms with Gasteiger partial charge in [-0.1, -0.05) is 0 Å². The number of benzene rings is 1. The number of hydrogen-bond acceptors (Lipinski definition) is 7. The molecule has 3 amide bonds. The fraction of sp³-hybridized carbons (Fsp3) is 0.526. The van der Waals surface area contributed by atoms with Crippen molar-refractivity contribution in [2.45, 2.75) is 26.4 Å². The van der Waals surface area contributed by atoms with Gasteiger partial charge in [0.1, 0.15) is 5.60 Å². The summed E-state index contributed by atoms with van der Waals surface area (Å²) in [6.45, 7) is 5.32. The first-order chi connectivity index (χ1) is 13.6. The molecule has 1 aromatic carbocycles. The predicted octanol–water partition coefficient (Wildman–Crippen LogP) is 1.08. The van der Waals surface area contributed by atoms with Gasteiger partial charge in [0.2, 0.25) is 11.7 Å². The molecule has 0 bridgehead atoms. The van der Waals surface area contributed by atoms with E-state index in [4.69, 9.17) is 18.9 Å². The summed E-state index contributed by atoms with van der Waals surface area (Å²) < 4.78 is 20.7. The number of alkyl carbamates (subject to hydrolysis) is 1. The number of methoxy groups -OCH3 is 3. The van der Waals surface area contributed by atoms with E-state index in [1.807, 2.05) is 0 Å². The molecule has 10 nitrogen and oxygen atoms in total. The van der Waals surface area contributed by atoms with Crippen LogP contribution in [0.3, 0.4) is 0 Å². The minimum Gasteiger partial charge on any atom is -0.493 e.